The molecule has 2 rings (SSSR count). The van der Waals surface area contributed by atoms with E-state index in [2.05, 4.69) is 38.3 Å². The molecule has 0 radical (unpaired) electrons. The molecule has 0 saturated heterocycles. The number of hydrogen-bond donors (Lipinski definition) is 1. The molecule has 1 amide bonds. The van der Waals surface area contributed by atoms with E-state index >= 15 is 0 Å². The number of rotatable bonds is 6. The second-order valence-electron chi connectivity index (χ2n) is 4.99. The van der Waals surface area contributed by atoms with E-state index in [0.717, 1.165) is 17.4 Å². The smallest absolute Gasteiger partial charge is 0.252 e. The van der Waals surface area contributed by atoms with Gasteiger partial charge in [0.15, 0.2) is 0 Å². The van der Waals surface area contributed by atoms with E-state index < -0.39 is 0 Å². The molecule has 5 heteroatoms. The fourth-order valence-electron chi connectivity index (χ4n) is 2.10. The second-order valence-corrected chi connectivity index (χ2v) is 6.31. The van der Waals surface area contributed by atoms with Gasteiger partial charge in [-0.2, -0.15) is 0 Å². The van der Waals surface area contributed by atoms with Crippen molar-refractivity contribution in [3.05, 3.63) is 63.6 Å². The molecule has 0 aliphatic carbocycles. The molecule has 0 atom stereocenters. The Kier molecular flexibility index (Phi) is 6.28. The highest BCUT2D eigenvalue weighted by molar-refractivity contribution is 9.10. The lowest BCUT2D eigenvalue weighted by molar-refractivity contribution is 0.0953. The number of nitrogens with one attached hydrogen (secondary N) is 1. The minimum absolute atomic E-state index is 0.145. The molecule has 0 spiro atoms. The van der Waals surface area contributed by atoms with Crippen LogP contribution < -0.4 is 10.2 Å². The van der Waals surface area contributed by atoms with Crippen molar-refractivity contribution in [2.75, 3.05) is 25.0 Å². The fraction of sp³-hybridized carbons (Fsp3) is 0.235. The summed E-state index contributed by atoms with van der Waals surface area (Å²) in [6, 6.07) is 15.4. The van der Waals surface area contributed by atoms with E-state index in [4.69, 9.17) is 11.6 Å². The molecule has 116 valence electrons. The summed E-state index contributed by atoms with van der Waals surface area (Å²) in [7, 11) is 2.04. The van der Waals surface area contributed by atoms with Crippen molar-refractivity contribution in [3.63, 3.8) is 0 Å². The van der Waals surface area contributed by atoms with E-state index in [1.54, 1.807) is 12.1 Å². The van der Waals surface area contributed by atoms with Crippen LogP contribution in [0.1, 0.15) is 16.8 Å². The van der Waals surface area contributed by atoms with Crippen LogP contribution >= 0.6 is 27.5 Å². The monoisotopic (exact) mass is 380 g/mol. The number of nitrogens with zero attached hydrogens (tertiary/aromatic N) is 1. The third kappa shape index (κ3) is 4.75. The number of carbonyl (C=O) groups is 1. The van der Waals surface area contributed by atoms with Crippen LogP contribution in [0.25, 0.3) is 0 Å². The average Bonchev–Trinajstić information content (AvgIpc) is 2.54. The molecule has 0 saturated carbocycles. The summed E-state index contributed by atoms with van der Waals surface area (Å²) >= 11 is 9.39. The predicted octanol–water partition coefficient (Wildman–Crippen LogP) is 4.36. The maximum Gasteiger partial charge on any atom is 0.252 e. The van der Waals surface area contributed by atoms with Gasteiger partial charge in [0.25, 0.3) is 5.91 Å². The molecule has 0 aromatic heterocycles. The quantitative estimate of drug-likeness (QED) is 0.754. The van der Waals surface area contributed by atoms with Gasteiger partial charge in [0, 0.05) is 30.3 Å². The number of amides is 1. The lowest BCUT2D eigenvalue weighted by Gasteiger charge is -2.19. The first-order chi connectivity index (χ1) is 10.6. The van der Waals surface area contributed by atoms with Crippen LogP contribution in [-0.4, -0.2) is 26.0 Å². The van der Waals surface area contributed by atoms with Crippen LogP contribution in [0, 0.1) is 0 Å². The van der Waals surface area contributed by atoms with E-state index in [1.165, 1.54) is 5.69 Å². The van der Waals surface area contributed by atoms with Crippen LogP contribution in [0.15, 0.2) is 53.0 Å². The maximum atomic E-state index is 12.1. The van der Waals surface area contributed by atoms with Crippen molar-refractivity contribution in [2.24, 2.45) is 0 Å². The number of halogens is 2. The highest BCUT2D eigenvalue weighted by Gasteiger charge is 2.10. The molecular weight excluding hydrogens is 364 g/mol. The summed E-state index contributed by atoms with van der Waals surface area (Å²) in [5.41, 5.74) is 1.66. The van der Waals surface area contributed by atoms with Crippen molar-refractivity contribution < 1.29 is 4.79 Å². The highest BCUT2D eigenvalue weighted by Crippen LogP contribution is 2.20. The highest BCUT2D eigenvalue weighted by atomic mass is 79.9. The zero-order valence-electron chi connectivity index (χ0n) is 12.4. The van der Waals surface area contributed by atoms with Crippen molar-refractivity contribution in [1.29, 1.82) is 0 Å². The minimum Gasteiger partial charge on any atom is -0.375 e. The van der Waals surface area contributed by atoms with E-state index in [9.17, 15) is 4.79 Å². The van der Waals surface area contributed by atoms with Crippen LogP contribution in [0.2, 0.25) is 5.02 Å². The Morgan fingerprint density at radius 2 is 1.95 bits per heavy atom. The van der Waals surface area contributed by atoms with Crippen LogP contribution in [0.5, 0.6) is 0 Å². The summed E-state index contributed by atoms with van der Waals surface area (Å²) in [5.74, 6) is -0.145. The lowest BCUT2D eigenvalue weighted by atomic mass is 10.2. The first-order valence-corrected chi connectivity index (χ1v) is 8.24. The fourth-order valence-corrected chi connectivity index (χ4v) is 2.66. The summed E-state index contributed by atoms with van der Waals surface area (Å²) in [5, 5.41) is 3.36. The summed E-state index contributed by atoms with van der Waals surface area (Å²) in [4.78, 5) is 14.3. The molecule has 0 aliphatic heterocycles. The summed E-state index contributed by atoms with van der Waals surface area (Å²) in [6.07, 6.45) is 0.864. The maximum absolute atomic E-state index is 12.1. The van der Waals surface area contributed by atoms with Crippen LogP contribution in [-0.2, 0) is 0 Å². The Morgan fingerprint density at radius 1 is 1.23 bits per heavy atom. The molecule has 0 aliphatic rings. The van der Waals surface area contributed by atoms with Gasteiger partial charge in [-0.3, -0.25) is 4.79 Å². The molecule has 0 heterocycles. The zero-order chi connectivity index (χ0) is 15.9. The number of para-hydroxylation sites is 1. The number of carbonyl (C=O) groups excluding carboxylic acids is 1. The van der Waals surface area contributed by atoms with Gasteiger partial charge in [-0.1, -0.05) is 45.7 Å². The molecule has 22 heavy (non-hydrogen) atoms. The third-order valence-electron chi connectivity index (χ3n) is 3.33. The lowest BCUT2D eigenvalue weighted by Crippen LogP contribution is -2.28. The minimum atomic E-state index is -0.145. The van der Waals surface area contributed by atoms with Crippen molar-refractivity contribution >= 4 is 39.1 Å². The Labute approximate surface area is 144 Å². The molecule has 0 bridgehead atoms. The Morgan fingerprint density at radius 3 is 2.68 bits per heavy atom. The van der Waals surface area contributed by atoms with E-state index in [-0.39, 0.29) is 5.91 Å². The number of benzene rings is 2. The molecule has 0 unspecified atom stereocenters. The molecule has 3 nitrogen and oxygen atoms in total. The first-order valence-electron chi connectivity index (χ1n) is 7.07. The largest absolute Gasteiger partial charge is 0.375 e. The normalized spacial score (nSPS) is 10.3. The average molecular weight is 382 g/mol. The van der Waals surface area contributed by atoms with Crippen molar-refractivity contribution in [2.45, 2.75) is 6.42 Å². The summed E-state index contributed by atoms with van der Waals surface area (Å²) in [6.45, 7) is 1.48. The topological polar surface area (TPSA) is 32.3 Å². The van der Waals surface area contributed by atoms with Gasteiger partial charge in [0.1, 0.15) is 0 Å². The molecule has 2 aromatic carbocycles. The van der Waals surface area contributed by atoms with Gasteiger partial charge in [-0.15, -0.1) is 0 Å². The van der Waals surface area contributed by atoms with Gasteiger partial charge in [0.2, 0.25) is 0 Å². The van der Waals surface area contributed by atoms with Gasteiger partial charge >= 0.3 is 0 Å². The van der Waals surface area contributed by atoms with Gasteiger partial charge in [-0.05, 0) is 36.8 Å². The Balaban J connectivity index is 1.79. The first kappa shape index (κ1) is 16.8. The van der Waals surface area contributed by atoms with E-state index in [1.807, 2.05) is 31.3 Å². The molecule has 2 aromatic rings. The van der Waals surface area contributed by atoms with Crippen LogP contribution in [0.3, 0.4) is 0 Å². The predicted molar refractivity (Wildman–Crippen MR) is 95.8 cm³/mol. The van der Waals surface area contributed by atoms with E-state index in [0.29, 0.717) is 17.1 Å². The Hall–Kier alpha value is -1.52. The Bertz CT molecular complexity index is 634. The SMILES string of the molecule is CN(CCCNC(=O)c1cc(Br)ccc1Cl)c1ccccc1. The molecule has 1 N–H and O–H groups in total. The summed E-state index contributed by atoms with van der Waals surface area (Å²) < 4.78 is 0.839. The van der Waals surface area contributed by atoms with Crippen LogP contribution in [0.4, 0.5) is 5.69 Å². The van der Waals surface area contributed by atoms with Crippen molar-refractivity contribution in [3.8, 4) is 0 Å². The molecule has 0 fully saturated rings. The molecular formula is C17H18BrClN2O. The van der Waals surface area contributed by atoms with Gasteiger partial charge < -0.3 is 10.2 Å². The zero-order valence-corrected chi connectivity index (χ0v) is 14.7. The van der Waals surface area contributed by atoms with Crippen molar-refractivity contribution in [1.82, 2.24) is 5.32 Å². The van der Waals surface area contributed by atoms with Gasteiger partial charge in [0.05, 0.1) is 10.6 Å². The standard InChI is InChI=1S/C17H18BrClN2O/c1-21(14-6-3-2-4-7-14)11-5-10-20-17(22)15-12-13(18)8-9-16(15)19/h2-4,6-9,12H,5,10-11H2,1H3,(H,20,22). The third-order valence-corrected chi connectivity index (χ3v) is 4.15. The number of anilines is 1. The second kappa shape index (κ2) is 8.20. The van der Waals surface area contributed by atoms with Gasteiger partial charge in [-0.25, -0.2) is 0 Å². The number of hydrogen-bond acceptors (Lipinski definition) is 2.